The van der Waals surface area contributed by atoms with Gasteiger partial charge >= 0.3 is 0 Å². The van der Waals surface area contributed by atoms with Gasteiger partial charge in [-0.05, 0) is 48.1 Å². The highest BCUT2D eigenvalue weighted by molar-refractivity contribution is 7.10. The van der Waals surface area contributed by atoms with E-state index in [1.165, 1.54) is 25.7 Å². The monoisotopic (exact) mass is 237 g/mol. The quantitative estimate of drug-likeness (QED) is 0.829. The van der Waals surface area contributed by atoms with E-state index in [0.717, 1.165) is 6.54 Å². The molecule has 0 radical (unpaired) electrons. The summed E-state index contributed by atoms with van der Waals surface area (Å²) >= 11 is 1.94. The molecule has 0 fully saturated rings. The number of nitrogens with one attached hydrogen (secondary N) is 1. The summed E-state index contributed by atoms with van der Waals surface area (Å²) in [4.78, 5) is 1.61. The van der Waals surface area contributed by atoms with Crippen molar-refractivity contribution in [2.24, 2.45) is 5.41 Å². The Bertz CT molecular complexity index is 330. The maximum Gasteiger partial charge on any atom is 0.0388 e. The highest BCUT2D eigenvalue weighted by atomic mass is 32.1. The molecular formula is C14H23NS. The molecule has 0 spiro atoms. The zero-order valence-electron chi connectivity index (χ0n) is 10.7. The number of thiophene rings is 1. The van der Waals surface area contributed by atoms with Gasteiger partial charge in [-0.3, -0.25) is 0 Å². The third-order valence-corrected chi connectivity index (χ3v) is 5.51. The van der Waals surface area contributed by atoms with Crippen molar-refractivity contribution in [3.8, 4) is 0 Å². The predicted octanol–water partition coefficient (Wildman–Crippen LogP) is 4.15. The molecule has 90 valence electrons. The molecule has 1 N–H and O–H groups in total. The van der Waals surface area contributed by atoms with E-state index in [1.807, 2.05) is 11.3 Å². The molecule has 1 unspecified atom stereocenters. The Balaban J connectivity index is 2.35. The van der Waals surface area contributed by atoms with Crippen molar-refractivity contribution in [1.82, 2.24) is 5.32 Å². The molecule has 1 aliphatic heterocycles. The highest BCUT2D eigenvalue weighted by Gasteiger charge is 2.37. The third kappa shape index (κ3) is 1.82. The summed E-state index contributed by atoms with van der Waals surface area (Å²) in [5.74, 6) is 0. The summed E-state index contributed by atoms with van der Waals surface area (Å²) in [6, 6.07) is 2.93. The van der Waals surface area contributed by atoms with Crippen LogP contribution in [-0.4, -0.2) is 6.54 Å². The van der Waals surface area contributed by atoms with Crippen LogP contribution in [0.5, 0.6) is 0 Å². The molecule has 0 bridgehead atoms. The minimum absolute atomic E-state index is 0.455. The summed E-state index contributed by atoms with van der Waals surface area (Å²) in [5, 5.41) is 6.02. The second-order valence-electron chi connectivity index (χ2n) is 4.86. The van der Waals surface area contributed by atoms with Crippen LogP contribution in [0.15, 0.2) is 11.4 Å². The summed E-state index contributed by atoms with van der Waals surface area (Å²) in [7, 11) is 0. The van der Waals surface area contributed by atoms with Crippen LogP contribution in [0.2, 0.25) is 0 Å². The first-order valence-electron chi connectivity index (χ1n) is 6.57. The first-order chi connectivity index (χ1) is 7.77. The molecule has 0 aliphatic carbocycles. The zero-order valence-corrected chi connectivity index (χ0v) is 11.5. The van der Waals surface area contributed by atoms with Crippen LogP contribution in [0.4, 0.5) is 0 Å². The second-order valence-corrected chi connectivity index (χ2v) is 5.86. The van der Waals surface area contributed by atoms with Gasteiger partial charge in [-0.2, -0.15) is 0 Å². The van der Waals surface area contributed by atoms with Crippen LogP contribution < -0.4 is 5.32 Å². The summed E-state index contributed by atoms with van der Waals surface area (Å²) < 4.78 is 0. The van der Waals surface area contributed by atoms with Crippen LogP contribution >= 0.6 is 11.3 Å². The third-order valence-electron chi connectivity index (χ3n) is 4.52. The van der Waals surface area contributed by atoms with Crippen LogP contribution in [0.3, 0.4) is 0 Å². The summed E-state index contributed by atoms with van der Waals surface area (Å²) in [5.41, 5.74) is 2.04. The Hall–Kier alpha value is -0.340. The topological polar surface area (TPSA) is 12.0 Å². The molecule has 0 amide bonds. The molecule has 2 heterocycles. The van der Waals surface area contributed by atoms with E-state index in [0.29, 0.717) is 11.5 Å². The molecule has 1 nitrogen and oxygen atoms in total. The number of hydrogen-bond acceptors (Lipinski definition) is 2. The number of rotatable bonds is 4. The fraction of sp³-hybridized carbons (Fsp3) is 0.714. The smallest absolute Gasteiger partial charge is 0.0388 e. The molecular weight excluding hydrogens is 214 g/mol. The Labute approximate surface area is 103 Å². The van der Waals surface area contributed by atoms with E-state index < -0.39 is 0 Å². The first-order valence-corrected chi connectivity index (χ1v) is 7.45. The molecule has 1 aliphatic rings. The molecule has 1 aromatic rings. The Morgan fingerprint density at radius 2 is 2.00 bits per heavy atom. The van der Waals surface area contributed by atoms with Crippen molar-refractivity contribution in [2.45, 2.75) is 52.5 Å². The van der Waals surface area contributed by atoms with Gasteiger partial charge in [0.2, 0.25) is 0 Å². The molecule has 1 aromatic heterocycles. The predicted molar refractivity (Wildman–Crippen MR) is 72.1 cm³/mol. The molecule has 1 atom stereocenters. The maximum absolute atomic E-state index is 3.76. The highest BCUT2D eigenvalue weighted by Crippen LogP contribution is 2.46. The van der Waals surface area contributed by atoms with E-state index in [9.17, 15) is 0 Å². The van der Waals surface area contributed by atoms with E-state index in [1.54, 1.807) is 10.4 Å². The minimum Gasteiger partial charge on any atom is -0.309 e. The Morgan fingerprint density at radius 3 is 2.62 bits per heavy atom. The normalized spacial score (nSPS) is 20.8. The van der Waals surface area contributed by atoms with E-state index in [4.69, 9.17) is 0 Å². The standard InChI is InChI=1S/C14H23NS/c1-4-14(5-2,6-3)13-11-8-10-16-12(11)7-9-15-13/h8,10,13,15H,4-7,9H2,1-3H3. The molecule has 2 rings (SSSR count). The fourth-order valence-corrected chi connectivity index (χ4v) is 4.08. The van der Waals surface area contributed by atoms with E-state index in [-0.39, 0.29) is 0 Å². The van der Waals surface area contributed by atoms with Gasteiger partial charge in [0, 0.05) is 17.5 Å². The van der Waals surface area contributed by atoms with Crippen molar-refractivity contribution < 1.29 is 0 Å². The van der Waals surface area contributed by atoms with Crippen LogP contribution in [0.1, 0.15) is 56.5 Å². The lowest BCUT2D eigenvalue weighted by Crippen LogP contribution is -2.41. The fourth-order valence-electron chi connectivity index (χ4n) is 3.16. The van der Waals surface area contributed by atoms with Crippen molar-refractivity contribution in [1.29, 1.82) is 0 Å². The lowest BCUT2D eigenvalue weighted by Gasteiger charge is -2.42. The van der Waals surface area contributed by atoms with Gasteiger partial charge in [0.15, 0.2) is 0 Å². The number of hydrogen-bond donors (Lipinski definition) is 1. The van der Waals surface area contributed by atoms with Gasteiger partial charge in [-0.25, -0.2) is 0 Å². The molecule has 0 saturated heterocycles. The maximum atomic E-state index is 3.76. The molecule has 0 saturated carbocycles. The zero-order chi connectivity index (χ0) is 11.6. The average Bonchev–Trinajstić information content (AvgIpc) is 2.81. The van der Waals surface area contributed by atoms with Gasteiger partial charge in [-0.15, -0.1) is 11.3 Å². The average molecular weight is 237 g/mol. The van der Waals surface area contributed by atoms with Crippen molar-refractivity contribution >= 4 is 11.3 Å². The van der Waals surface area contributed by atoms with Crippen LogP contribution in [0, 0.1) is 5.41 Å². The number of fused-ring (bicyclic) bond motifs is 1. The van der Waals surface area contributed by atoms with Crippen molar-refractivity contribution in [2.75, 3.05) is 6.54 Å². The van der Waals surface area contributed by atoms with Crippen LogP contribution in [-0.2, 0) is 6.42 Å². The Morgan fingerprint density at radius 1 is 1.31 bits per heavy atom. The van der Waals surface area contributed by atoms with Gasteiger partial charge < -0.3 is 5.32 Å². The lowest BCUT2D eigenvalue weighted by atomic mass is 9.70. The van der Waals surface area contributed by atoms with Gasteiger partial charge in [-0.1, -0.05) is 20.8 Å². The Kier molecular flexibility index (Phi) is 3.70. The van der Waals surface area contributed by atoms with Crippen molar-refractivity contribution in [3.63, 3.8) is 0 Å². The minimum atomic E-state index is 0.455. The van der Waals surface area contributed by atoms with Crippen molar-refractivity contribution in [3.05, 3.63) is 21.9 Å². The van der Waals surface area contributed by atoms with E-state index in [2.05, 4.69) is 37.5 Å². The van der Waals surface area contributed by atoms with Crippen LogP contribution in [0.25, 0.3) is 0 Å². The first kappa shape index (κ1) is 12.1. The molecule has 16 heavy (non-hydrogen) atoms. The SMILES string of the molecule is CCC(CC)(CC)C1NCCc2sccc21. The van der Waals surface area contributed by atoms with Gasteiger partial charge in [0.1, 0.15) is 0 Å². The summed E-state index contributed by atoms with van der Waals surface area (Å²) in [6.45, 7) is 8.18. The largest absolute Gasteiger partial charge is 0.309 e. The van der Waals surface area contributed by atoms with Gasteiger partial charge in [0.25, 0.3) is 0 Å². The lowest BCUT2D eigenvalue weighted by molar-refractivity contribution is 0.158. The second kappa shape index (κ2) is 4.89. The summed E-state index contributed by atoms with van der Waals surface area (Å²) in [6.07, 6.45) is 5.03. The molecule has 0 aromatic carbocycles. The van der Waals surface area contributed by atoms with E-state index >= 15 is 0 Å². The van der Waals surface area contributed by atoms with Gasteiger partial charge in [0.05, 0.1) is 0 Å². The molecule has 2 heteroatoms.